The van der Waals surface area contributed by atoms with Crippen LogP contribution >= 0.6 is 0 Å². The van der Waals surface area contributed by atoms with E-state index < -0.39 is 0 Å². The molecule has 0 radical (unpaired) electrons. The number of carbonyl (C=O) groups excluding carboxylic acids is 2. The summed E-state index contributed by atoms with van der Waals surface area (Å²) in [5.74, 6) is 0.260. The van der Waals surface area contributed by atoms with E-state index in [0.29, 0.717) is 19.4 Å². The summed E-state index contributed by atoms with van der Waals surface area (Å²) in [4.78, 5) is 25.4. The topological polar surface area (TPSA) is 54.2 Å². The van der Waals surface area contributed by atoms with Crippen LogP contribution in [0.25, 0.3) is 0 Å². The van der Waals surface area contributed by atoms with Crippen molar-refractivity contribution < 1.29 is 14.3 Å². The zero-order valence-corrected chi connectivity index (χ0v) is 11.7. The minimum Gasteiger partial charge on any atom is -0.340 e. The number of esters is 1. The van der Waals surface area contributed by atoms with Gasteiger partial charge in [0.05, 0.1) is 0 Å². The standard InChI is InChI=1S/C13H24N2O3/c1-11(2)13(17)18-10-4-5-12(16)15-8-6-14(3)7-9-15/h11H,4-10H2,1-3H3/p+1. The predicted octanol–water partition coefficient (Wildman–Crippen LogP) is 0.716. The van der Waals surface area contributed by atoms with Gasteiger partial charge < -0.3 is 19.3 Å². The van der Waals surface area contributed by atoms with E-state index in [1.54, 1.807) is 0 Å². The Morgan fingerprint density at radius 3 is 2.44 bits per heavy atom. The van der Waals surface area contributed by atoms with Crippen LogP contribution in [0.5, 0.6) is 0 Å². The van der Waals surface area contributed by atoms with Crippen molar-refractivity contribution in [3.63, 3.8) is 0 Å². The van der Waals surface area contributed by atoms with Gasteiger partial charge in [-0.2, -0.15) is 0 Å². The molecule has 5 nitrogen and oxygen atoms in total. The molecule has 1 rings (SSSR count). The van der Waals surface area contributed by atoms with Crippen molar-refractivity contribution in [2.45, 2.75) is 26.7 Å². The molecule has 1 saturated heterocycles. The first-order chi connectivity index (χ1) is 8.50. The molecule has 0 saturated carbocycles. The first-order valence-corrected chi connectivity index (χ1v) is 6.65. The van der Waals surface area contributed by atoms with Gasteiger partial charge in [0.1, 0.15) is 5.92 Å². The largest absolute Gasteiger partial charge is 0.485 e. The van der Waals surface area contributed by atoms with Gasteiger partial charge in [0, 0.05) is 39.0 Å². The van der Waals surface area contributed by atoms with E-state index in [4.69, 9.17) is 4.74 Å². The van der Waals surface area contributed by atoms with Crippen molar-refractivity contribution in [3.8, 4) is 0 Å². The van der Waals surface area contributed by atoms with Gasteiger partial charge in [-0.1, -0.05) is 0 Å². The molecule has 1 amide bonds. The summed E-state index contributed by atoms with van der Waals surface area (Å²) in [5, 5.41) is 0. The van der Waals surface area contributed by atoms with Crippen LogP contribution in [0.2, 0.25) is 0 Å². The fourth-order valence-corrected chi connectivity index (χ4v) is 1.78. The van der Waals surface area contributed by atoms with Crippen LogP contribution in [0.1, 0.15) is 26.7 Å². The molecule has 1 aliphatic heterocycles. The zero-order valence-electron chi connectivity index (χ0n) is 11.7. The Kier molecular flexibility index (Phi) is 6.12. The number of piperazine rings is 1. The molecule has 0 atom stereocenters. The third-order valence-corrected chi connectivity index (χ3v) is 3.13. The number of amides is 1. The molecular formula is C13H25N2O3+. The van der Waals surface area contributed by atoms with E-state index >= 15 is 0 Å². The van der Waals surface area contributed by atoms with Crippen molar-refractivity contribution in [2.24, 2.45) is 5.92 Å². The molecule has 0 aromatic rings. The number of hydrogen-bond donors (Lipinski definition) is 0. The first-order valence-electron chi connectivity index (χ1n) is 6.65. The second-order valence-electron chi connectivity index (χ2n) is 5.13. The normalized spacial score (nSPS) is 17.0. The summed E-state index contributed by atoms with van der Waals surface area (Å²) in [6, 6.07) is 0. The smallest absolute Gasteiger partial charge is 0.340 e. The zero-order chi connectivity index (χ0) is 13.5. The summed E-state index contributed by atoms with van der Waals surface area (Å²) in [7, 11) is 2.07. The quantitative estimate of drug-likeness (QED) is 0.414. The molecule has 0 aliphatic carbocycles. The maximum Gasteiger partial charge on any atom is 0.485 e. The maximum atomic E-state index is 11.9. The average Bonchev–Trinajstić information content (AvgIpc) is 2.34. The number of nitrogens with zero attached hydrogens (tertiary/aromatic N) is 2. The highest BCUT2D eigenvalue weighted by Crippen LogP contribution is 2.04. The Hall–Kier alpha value is -1.10. The highest BCUT2D eigenvalue weighted by molar-refractivity contribution is 5.76. The lowest BCUT2D eigenvalue weighted by molar-refractivity contribution is -0.133. The Morgan fingerprint density at radius 2 is 1.89 bits per heavy atom. The van der Waals surface area contributed by atoms with Crippen molar-refractivity contribution in [3.05, 3.63) is 0 Å². The van der Waals surface area contributed by atoms with Crippen molar-refractivity contribution >= 4 is 11.9 Å². The molecule has 0 unspecified atom stereocenters. The van der Waals surface area contributed by atoms with Gasteiger partial charge in [-0.15, -0.1) is 0 Å². The van der Waals surface area contributed by atoms with E-state index in [1.807, 2.05) is 18.7 Å². The molecule has 0 aromatic heterocycles. The van der Waals surface area contributed by atoms with E-state index in [9.17, 15) is 9.59 Å². The highest BCUT2D eigenvalue weighted by atomic mass is 16.5. The fourth-order valence-electron chi connectivity index (χ4n) is 1.78. The average molecular weight is 257 g/mol. The third-order valence-electron chi connectivity index (χ3n) is 3.13. The predicted molar refractivity (Wildman–Crippen MR) is 71.0 cm³/mol. The van der Waals surface area contributed by atoms with E-state index in [-0.39, 0.29) is 17.8 Å². The number of likely N-dealkylation sites (N-methyl/N-ethyl adjacent to an activating group) is 1. The second kappa shape index (κ2) is 7.36. The van der Waals surface area contributed by atoms with Crippen LogP contribution in [0.15, 0.2) is 0 Å². The molecule has 1 aliphatic rings. The summed E-state index contributed by atoms with van der Waals surface area (Å²) in [5.41, 5.74) is 0. The van der Waals surface area contributed by atoms with Crippen LogP contribution in [0, 0.1) is 5.92 Å². The van der Waals surface area contributed by atoms with Gasteiger partial charge in [-0.3, -0.25) is 4.79 Å². The first kappa shape index (κ1) is 15.0. The minimum absolute atomic E-state index is 0.0123. The Balaban J connectivity index is 2.12. The second-order valence-corrected chi connectivity index (χ2v) is 5.13. The third kappa shape index (κ3) is 5.04. The summed E-state index contributed by atoms with van der Waals surface area (Å²) < 4.78 is 5.15. The summed E-state index contributed by atoms with van der Waals surface area (Å²) in [6.45, 7) is 7.67. The molecule has 104 valence electrons. The van der Waals surface area contributed by atoms with Gasteiger partial charge in [0.2, 0.25) is 5.91 Å². The van der Waals surface area contributed by atoms with Gasteiger partial charge in [0.15, 0.2) is 6.61 Å². The number of hydrogen-bond acceptors (Lipinski definition) is 3. The number of ether oxygens (including phenoxy) is 1. The van der Waals surface area contributed by atoms with Crippen molar-refractivity contribution in [1.82, 2.24) is 9.80 Å². The molecule has 0 bridgehead atoms. The van der Waals surface area contributed by atoms with Gasteiger partial charge in [0.25, 0.3) is 0 Å². The molecule has 0 aromatic carbocycles. The van der Waals surface area contributed by atoms with Gasteiger partial charge >= 0.3 is 5.97 Å². The molecule has 1 heterocycles. The summed E-state index contributed by atoms with van der Waals surface area (Å²) >= 11 is 0. The minimum atomic E-state index is 0.0123. The van der Waals surface area contributed by atoms with Crippen LogP contribution in [-0.2, 0) is 9.53 Å². The SMILES string of the molecule is CC(C)C(=[OH+])OCCCC(=O)N1CCN(C)CC1. The lowest BCUT2D eigenvalue weighted by Crippen LogP contribution is -2.47. The molecule has 1 fully saturated rings. The molecule has 5 heteroatoms. The van der Waals surface area contributed by atoms with Gasteiger partial charge in [-0.05, 0) is 20.9 Å². The number of carbonyl (C=O) groups is 1. The van der Waals surface area contributed by atoms with Crippen molar-refractivity contribution in [1.29, 1.82) is 0 Å². The van der Waals surface area contributed by atoms with Crippen LogP contribution in [0.3, 0.4) is 0 Å². The maximum absolute atomic E-state index is 11.9. The van der Waals surface area contributed by atoms with Crippen molar-refractivity contribution in [2.75, 3.05) is 39.8 Å². The lowest BCUT2D eigenvalue weighted by atomic mass is 10.2. The molecule has 18 heavy (non-hydrogen) atoms. The Bertz CT molecular complexity index is 284. The monoisotopic (exact) mass is 257 g/mol. The van der Waals surface area contributed by atoms with E-state index in [0.717, 1.165) is 26.2 Å². The molecular weight excluding hydrogens is 232 g/mol. The Labute approximate surface area is 109 Å². The summed E-state index contributed by atoms with van der Waals surface area (Å²) in [6.07, 6.45) is 1.15. The van der Waals surface area contributed by atoms with E-state index in [1.165, 1.54) is 0 Å². The van der Waals surface area contributed by atoms with E-state index in [2.05, 4.69) is 11.9 Å². The van der Waals surface area contributed by atoms with Crippen LogP contribution in [0.4, 0.5) is 0 Å². The van der Waals surface area contributed by atoms with Crippen LogP contribution in [-0.4, -0.2) is 66.3 Å². The number of rotatable bonds is 5. The van der Waals surface area contributed by atoms with Crippen LogP contribution < -0.4 is 0 Å². The Morgan fingerprint density at radius 1 is 1.28 bits per heavy atom. The molecule has 1 N–H and O–H groups in total. The van der Waals surface area contributed by atoms with Gasteiger partial charge in [-0.25, -0.2) is 0 Å². The highest BCUT2D eigenvalue weighted by Gasteiger charge is 2.20. The molecule has 0 spiro atoms. The lowest BCUT2D eigenvalue weighted by Gasteiger charge is -2.32. The fraction of sp³-hybridized carbons (Fsp3) is 0.846.